The second-order valence-electron chi connectivity index (χ2n) is 1.86. The summed E-state index contributed by atoms with van der Waals surface area (Å²) in [6, 6.07) is 5.03. The fourth-order valence-corrected chi connectivity index (χ4v) is 0.661. The lowest BCUT2D eigenvalue weighted by Gasteiger charge is -1.96. The van der Waals surface area contributed by atoms with Crippen LogP contribution in [-0.4, -0.2) is 12.0 Å². The molecule has 0 atom stereocenters. The van der Waals surface area contributed by atoms with Crippen LogP contribution in [0.15, 0.2) is 24.3 Å². The van der Waals surface area contributed by atoms with Crippen molar-refractivity contribution in [2.45, 2.75) is 0 Å². The summed E-state index contributed by atoms with van der Waals surface area (Å²) in [5.74, 6) is -0.0424. The third-order valence-corrected chi connectivity index (χ3v) is 1.15. The number of rotatable bonds is 2. The molecule has 1 aromatic carbocycles. The van der Waals surface area contributed by atoms with Crippen LogP contribution < -0.4 is 4.74 Å². The number of nitro benzene ring substituents is 1. The molecule has 4 nitrogen and oxygen atoms in total. The largest absolute Gasteiger partial charge is 0.497 e. The van der Waals surface area contributed by atoms with Crippen molar-refractivity contribution in [3.63, 3.8) is 0 Å². The third-order valence-electron chi connectivity index (χ3n) is 1.15. The van der Waals surface area contributed by atoms with E-state index in [1.54, 1.807) is 0 Å². The molecule has 4 heteroatoms. The molecule has 0 aliphatic heterocycles. The van der Waals surface area contributed by atoms with Crippen LogP contribution in [0.3, 0.4) is 0 Å². The monoisotopic (exact) mass is 156 g/mol. The molecule has 0 unspecified atom stereocenters. The lowest BCUT2D eigenvalue weighted by atomic mass is 10.3. The molecule has 0 saturated heterocycles. The number of methoxy groups -OCH3 is 1. The minimum atomic E-state index is -2.59. The maximum absolute atomic E-state index is 10.3. The average Bonchev–Trinajstić information content (AvgIpc) is 2.01. The molecular weight excluding hydrogens is 146 g/mol. The number of ether oxygens (including phenoxy) is 1. The molecule has 1 rings (SSSR count). The van der Waals surface area contributed by atoms with Gasteiger partial charge in [0.2, 0.25) is 0 Å². The topological polar surface area (TPSA) is 52.4 Å². The first-order valence-corrected chi connectivity index (χ1v) is 2.82. The molecule has 0 fully saturated rings. The molecule has 0 radical (unpaired) electrons. The summed E-state index contributed by atoms with van der Waals surface area (Å²) in [4.78, 5) is 9.71. The summed E-state index contributed by atoms with van der Waals surface area (Å²) >= 11 is 0. The van der Waals surface area contributed by atoms with E-state index >= 15 is 0 Å². The number of nitro groups is 1. The summed E-state index contributed by atoms with van der Waals surface area (Å²) in [5.41, 5.74) is -0.202. The highest BCUT2D eigenvalue weighted by Gasteiger charge is 2.04. The van der Waals surface area contributed by atoms with Crippen molar-refractivity contribution in [3.8, 4) is 5.75 Å². The fraction of sp³-hybridized carbons (Fsp3) is 0.143. The van der Waals surface area contributed by atoms with Crippen LogP contribution >= 0.6 is 0 Å². The van der Waals surface area contributed by atoms with Gasteiger partial charge in [-0.1, -0.05) is 6.07 Å². The number of nitrogens with zero attached hydrogens (tertiary/aromatic N) is 1. The molecule has 58 valence electrons. The van der Waals surface area contributed by atoms with E-state index in [9.17, 15) is 10.1 Å². The van der Waals surface area contributed by atoms with Crippen LogP contribution in [0.5, 0.6) is 5.75 Å². The van der Waals surface area contributed by atoms with E-state index in [0.717, 1.165) is 6.07 Å². The van der Waals surface area contributed by atoms with Crippen molar-refractivity contribution in [1.82, 2.24) is 0 Å². The smallest absolute Gasteiger partial charge is 0.273 e. The summed E-state index contributed by atoms with van der Waals surface area (Å²) in [5, 5.41) is 10.3. The van der Waals surface area contributed by atoms with E-state index < -0.39 is 12.0 Å². The van der Waals surface area contributed by atoms with Crippen molar-refractivity contribution in [1.29, 1.82) is 0 Å². The van der Waals surface area contributed by atoms with Gasteiger partial charge in [0.05, 0.1) is 22.1 Å². The zero-order chi connectivity index (χ0) is 10.8. The highest BCUT2D eigenvalue weighted by atomic mass is 16.6. The average molecular weight is 156 g/mol. The Bertz CT molecular complexity index is 350. The zero-order valence-electron chi connectivity index (χ0n) is 8.48. The van der Waals surface area contributed by atoms with Crippen LogP contribution in [0.2, 0.25) is 0 Å². The Morgan fingerprint density at radius 1 is 1.73 bits per heavy atom. The van der Waals surface area contributed by atoms with E-state index in [1.165, 1.54) is 18.2 Å². The molecule has 0 heterocycles. The molecule has 0 amide bonds. The molecule has 1 aromatic rings. The maximum atomic E-state index is 10.3. The molecule has 11 heavy (non-hydrogen) atoms. The molecule has 0 saturated carbocycles. The molecule has 0 bridgehead atoms. The molecule has 0 N–H and O–H groups in total. The fourth-order valence-electron chi connectivity index (χ4n) is 0.661. The second kappa shape index (κ2) is 3.01. The van der Waals surface area contributed by atoms with Gasteiger partial charge in [-0.15, -0.1) is 0 Å². The first kappa shape index (κ1) is 4.33. The van der Waals surface area contributed by atoms with Gasteiger partial charge in [-0.3, -0.25) is 10.1 Å². The minimum Gasteiger partial charge on any atom is -0.497 e. The van der Waals surface area contributed by atoms with E-state index in [4.69, 9.17) is 4.11 Å². The Kier molecular flexibility index (Phi) is 1.18. The van der Waals surface area contributed by atoms with Crippen LogP contribution in [0.4, 0.5) is 5.69 Å². The van der Waals surface area contributed by atoms with Gasteiger partial charge in [0.1, 0.15) is 5.75 Å². The van der Waals surface area contributed by atoms with E-state index in [2.05, 4.69) is 4.74 Å². The minimum absolute atomic E-state index is 0.0424. The van der Waals surface area contributed by atoms with Crippen LogP contribution in [0.25, 0.3) is 0 Å². The number of non-ortho nitro benzene ring substituents is 1. The Balaban J connectivity index is 2.89. The van der Waals surface area contributed by atoms with Crippen LogP contribution in [-0.2, 0) is 0 Å². The zero-order valence-corrected chi connectivity index (χ0v) is 5.48. The van der Waals surface area contributed by atoms with Crippen molar-refractivity contribution in [2.75, 3.05) is 7.04 Å². The van der Waals surface area contributed by atoms with E-state index in [0.29, 0.717) is 0 Å². The van der Waals surface area contributed by atoms with Gasteiger partial charge in [0.25, 0.3) is 5.69 Å². The lowest BCUT2D eigenvalue weighted by molar-refractivity contribution is -0.384. The Morgan fingerprint density at radius 2 is 2.55 bits per heavy atom. The molecular formula is C7H7NO3. The van der Waals surface area contributed by atoms with Gasteiger partial charge < -0.3 is 4.74 Å². The predicted octanol–water partition coefficient (Wildman–Crippen LogP) is 1.60. The van der Waals surface area contributed by atoms with Gasteiger partial charge in [0, 0.05) is 6.07 Å². The summed E-state index contributed by atoms with van der Waals surface area (Å²) in [6.45, 7) is 0. The highest BCUT2D eigenvalue weighted by molar-refractivity contribution is 5.37. The van der Waals surface area contributed by atoms with Crippen molar-refractivity contribution in [2.24, 2.45) is 0 Å². The first-order chi connectivity index (χ1) is 6.38. The standard InChI is InChI=1S/C7H7NO3/c1-11-7-4-2-3-6(5-7)8(9)10/h2-5H,1H3/i1D3. The molecule has 0 spiro atoms. The van der Waals surface area contributed by atoms with E-state index in [-0.39, 0.29) is 11.4 Å². The number of hydrogen-bond donors (Lipinski definition) is 0. The first-order valence-electron chi connectivity index (χ1n) is 4.32. The van der Waals surface area contributed by atoms with Gasteiger partial charge in [-0.25, -0.2) is 0 Å². The lowest BCUT2D eigenvalue weighted by Crippen LogP contribution is -1.88. The van der Waals surface area contributed by atoms with Gasteiger partial charge in [0.15, 0.2) is 0 Å². The quantitative estimate of drug-likeness (QED) is 0.482. The summed E-state index contributed by atoms with van der Waals surface area (Å²) in [6.07, 6.45) is 0. The predicted molar refractivity (Wildman–Crippen MR) is 39.6 cm³/mol. The summed E-state index contributed by atoms with van der Waals surface area (Å²) < 4.78 is 24.9. The SMILES string of the molecule is [2H]C([2H])([2H])Oc1cccc([N+](=O)[O-])c1. The normalized spacial score (nSPS) is 14.4. The van der Waals surface area contributed by atoms with E-state index in [1.807, 2.05) is 0 Å². The van der Waals surface area contributed by atoms with Crippen molar-refractivity contribution >= 4 is 5.69 Å². The number of hydrogen-bond acceptors (Lipinski definition) is 3. The second-order valence-corrected chi connectivity index (χ2v) is 1.86. The summed E-state index contributed by atoms with van der Waals surface area (Å²) in [7, 11) is -2.59. The number of benzene rings is 1. The van der Waals surface area contributed by atoms with Crippen LogP contribution in [0, 0.1) is 10.1 Å². The highest BCUT2D eigenvalue weighted by Crippen LogP contribution is 2.17. The molecule has 0 aromatic heterocycles. The molecule has 0 aliphatic carbocycles. The van der Waals surface area contributed by atoms with Crippen molar-refractivity contribution in [3.05, 3.63) is 34.4 Å². The van der Waals surface area contributed by atoms with Gasteiger partial charge >= 0.3 is 0 Å². The molecule has 0 aliphatic rings. The van der Waals surface area contributed by atoms with Gasteiger partial charge in [-0.2, -0.15) is 0 Å². The van der Waals surface area contributed by atoms with Crippen molar-refractivity contribution < 1.29 is 13.8 Å². The third kappa shape index (κ3) is 1.67. The maximum Gasteiger partial charge on any atom is 0.273 e. The Hall–Kier alpha value is -1.58. The Labute approximate surface area is 67.8 Å². The van der Waals surface area contributed by atoms with Crippen LogP contribution in [0.1, 0.15) is 4.11 Å². The Morgan fingerprint density at radius 3 is 3.18 bits per heavy atom. The van der Waals surface area contributed by atoms with Gasteiger partial charge in [-0.05, 0) is 6.07 Å².